The highest BCUT2D eigenvalue weighted by atomic mass is 32.1. The van der Waals surface area contributed by atoms with Gasteiger partial charge in [0.05, 0.1) is 5.69 Å². The summed E-state index contributed by atoms with van der Waals surface area (Å²) in [6.45, 7) is 1.98. The van der Waals surface area contributed by atoms with Crippen molar-refractivity contribution in [2.45, 2.75) is 6.92 Å². The predicted molar refractivity (Wildman–Crippen MR) is 78.6 cm³/mol. The number of fused-ring (bicyclic) bond motifs is 1. The minimum atomic E-state index is -0.0412. The molecule has 0 fully saturated rings. The van der Waals surface area contributed by atoms with E-state index in [2.05, 4.69) is 4.98 Å². The van der Waals surface area contributed by atoms with E-state index in [0.29, 0.717) is 16.1 Å². The van der Waals surface area contributed by atoms with Gasteiger partial charge in [0.2, 0.25) is 5.78 Å². The third-order valence-electron chi connectivity index (χ3n) is 3.08. The van der Waals surface area contributed by atoms with Gasteiger partial charge in [-0.2, -0.15) is 0 Å². The van der Waals surface area contributed by atoms with Gasteiger partial charge >= 0.3 is 0 Å². The molecule has 0 unspecified atom stereocenters. The molecular formula is C15H12N2OS. The van der Waals surface area contributed by atoms with Crippen molar-refractivity contribution in [3.05, 3.63) is 58.6 Å². The fourth-order valence-corrected chi connectivity index (χ4v) is 3.20. The quantitative estimate of drug-likeness (QED) is 0.724. The summed E-state index contributed by atoms with van der Waals surface area (Å²) in [6, 6.07) is 11.1. The fourth-order valence-electron chi connectivity index (χ4n) is 2.09. The van der Waals surface area contributed by atoms with Gasteiger partial charge in [0.1, 0.15) is 9.71 Å². The zero-order valence-electron chi connectivity index (χ0n) is 10.4. The van der Waals surface area contributed by atoms with Crippen molar-refractivity contribution in [3.8, 4) is 0 Å². The van der Waals surface area contributed by atoms with Crippen LogP contribution in [0.15, 0.2) is 42.6 Å². The fraction of sp³-hybridized carbons (Fsp3) is 0.0667. The first-order valence-corrected chi connectivity index (χ1v) is 6.73. The van der Waals surface area contributed by atoms with Gasteiger partial charge in [-0.3, -0.25) is 4.79 Å². The van der Waals surface area contributed by atoms with Crippen LogP contribution in [0.5, 0.6) is 0 Å². The average Bonchev–Trinajstić information content (AvgIpc) is 2.78. The number of hydrogen-bond acceptors (Lipinski definition) is 4. The second-order valence-electron chi connectivity index (χ2n) is 4.35. The Morgan fingerprint density at radius 2 is 1.95 bits per heavy atom. The van der Waals surface area contributed by atoms with Crippen molar-refractivity contribution in [2.75, 3.05) is 5.73 Å². The summed E-state index contributed by atoms with van der Waals surface area (Å²) in [6.07, 6.45) is 1.74. The van der Waals surface area contributed by atoms with Gasteiger partial charge in [-0.1, -0.05) is 30.3 Å². The summed E-state index contributed by atoms with van der Waals surface area (Å²) in [5.41, 5.74) is 8.37. The molecule has 2 N–H and O–H groups in total. The molecule has 2 heterocycles. The Morgan fingerprint density at radius 3 is 2.63 bits per heavy atom. The molecule has 0 spiro atoms. The van der Waals surface area contributed by atoms with Gasteiger partial charge in [-0.05, 0) is 18.6 Å². The number of hydrogen-bond donors (Lipinski definition) is 1. The molecular weight excluding hydrogens is 256 g/mol. The molecule has 3 aromatic rings. The Kier molecular flexibility index (Phi) is 2.80. The first kappa shape index (κ1) is 11.9. The summed E-state index contributed by atoms with van der Waals surface area (Å²) in [7, 11) is 0. The number of anilines is 1. The maximum atomic E-state index is 12.5. The number of rotatable bonds is 2. The molecule has 1 aromatic carbocycles. The number of benzene rings is 1. The van der Waals surface area contributed by atoms with Crippen LogP contribution in [0.2, 0.25) is 0 Å². The maximum absolute atomic E-state index is 12.5. The minimum absolute atomic E-state index is 0.0412. The van der Waals surface area contributed by atoms with Crippen LogP contribution in [-0.2, 0) is 0 Å². The van der Waals surface area contributed by atoms with E-state index in [0.717, 1.165) is 15.8 Å². The van der Waals surface area contributed by atoms with Crippen molar-refractivity contribution >= 4 is 33.0 Å². The topological polar surface area (TPSA) is 56.0 Å². The molecule has 0 bridgehead atoms. The van der Waals surface area contributed by atoms with Crippen LogP contribution < -0.4 is 5.73 Å². The van der Waals surface area contributed by atoms with Crippen LogP contribution in [0.1, 0.15) is 20.8 Å². The first-order chi connectivity index (χ1) is 9.18. The Labute approximate surface area is 114 Å². The van der Waals surface area contributed by atoms with E-state index < -0.39 is 0 Å². The van der Waals surface area contributed by atoms with E-state index in [1.54, 1.807) is 18.3 Å². The molecule has 0 saturated carbocycles. The van der Waals surface area contributed by atoms with E-state index >= 15 is 0 Å². The standard InChI is InChI=1S/C15H12N2OS/c1-9-7-8-17-15-11(9)12(16)14(19-15)13(18)10-5-3-2-4-6-10/h2-8H,16H2,1H3. The Bertz CT molecular complexity index is 762. The predicted octanol–water partition coefficient (Wildman–Crippen LogP) is 3.42. The number of thiophene rings is 1. The highest BCUT2D eigenvalue weighted by Crippen LogP contribution is 2.35. The summed E-state index contributed by atoms with van der Waals surface area (Å²) in [5, 5.41) is 0.895. The zero-order valence-corrected chi connectivity index (χ0v) is 11.2. The maximum Gasteiger partial charge on any atom is 0.205 e. The van der Waals surface area contributed by atoms with Gasteiger partial charge in [0.15, 0.2) is 0 Å². The molecule has 0 atom stereocenters. The number of nitrogens with two attached hydrogens (primary N) is 1. The highest BCUT2D eigenvalue weighted by Gasteiger charge is 2.19. The van der Waals surface area contributed by atoms with Gasteiger partial charge < -0.3 is 5.73 Å². The molecule has 0 aliphatic rings. The van der Waals surface area contributed by atoms with Crippen LogP contribution in [0.3, 0.4) is 0 Å². The van der Waals surface area contributed by atoms with E-state index in [1.165, 1.54) is 11.3 Å². The number of aromatic nitrogens is 1. The Morgan fingerprint density at radius 1 is 1.21 bits per heavy atom. The van der Waals surface area contributed by atoms with Gasteiger partial charge in [0, 0.05) is 17.1 Å². The molecule has 3 nitrogen and oxygen atoms in total. The van der Waals surface area contributed by atoms with Crippen molar-refractivity contribution in [1.29, 1.82) is 0 Å². The second-order valence-corrected chi connectivity index (χ2v) is 5.35. The monoisotopic (exact) mass is 268 g/mol. The summed E-state index contributed by atoms with van der Waals surface area (Å²) >= 11 is 1.36. The van der Waals surface area contributed by atoms with Crippen LogP contribution in [0.25, 0.3) is 10.2 Å². The first-order valence-electron chi connectivity index (χ1n) is 5.92. The molecule has 0 aliphatic carbocycles. The molecule has 0 radical (unpaired) electrons. The number of pyridine rings is 1. The van der Waals surface area contributed by atoms with Crippen LogP contribution >= 0.6 is 11.3 Å². The SMILES string of the molecule is Cc1ccnc2sc(C(=O)c3ccccc3)c(N)c12. The number of nitrogens with zero attached hydrogens (tertiary/aromatic N) is 1. The zero-order chi connectivity index (χ0) is 13.4. The van der Waals surface area contributed by atoms with E-state index in [1.807, 2.05) is 31.2 Å². The van der Waals surface area contributed by atoms with Crippen molar-refractivity contribution in [2.24, 2.45) is 0 Å². The second kappa shape index (κ2) is 4.48. The smallest absolute Gasteiger partial charge is 0.205 e. The molecule has 19 heavy (non-hydrogen) atoms. The molecule has 2 aromatic heterocycles. The lowest BCUT2D eigenvalue weighted by Crippen LogP contribution is -2.01. The van der Waals surface area contributed by atoms with E-state index in [4.69, 9.17) is 5.73 Å². The molecule has 0 saturated heterocycles. The number of ketones is 1. The molecule has 4 heteroatoms. The number of aryl methyl sites for hydroxylation is 1. The molecule has 3 rings (SSSR count). The lowest BCUT2D eigenvalue weighted by atomic mass is 10.1. The van der Waals surface area contributed by atoms with Crippen LogP contribution in [0.4, 0.5) is 5.69 Å². The largest absolute Gasteiger partial charge is 0.397 e. The van der Waals surface area contributed by atoms with Crippen molar-refractivity contribution < 1.29 is 4.79 Å². The summed E-state index contributed by atoms with van der Waals surface area (Å²) < 4.78 is 0. The lowest BCUT2D eigenvalue weighted by Gasteiger charge is -2.00. The lowest BCUT2D eigenvalue weighted by molar-refractivity contribution is 0.104. The van der Waals surface area contributed by atoms with Crippen molar-refractivity contribution in [3.63, 3.8) is 0 Å². The average molecular weight is 268 g/mol. The van der Waals surface area contributed by atoms with Gasteiger partial charge in [-0.15, -0.1) is 11.3 Å². The number of nitrogen functional groups attached to an aromatic ring is 1. The molecule has 0 aliphatic heterocycles. The Hall–Kier alpha value is -2.20. The van der Waals surface area contributed by atoms with Gasteiger partial charge in [-0.25, -0.2) is 4.98 Å². The summed E-state index contributed by atoms with van der Waals surface area (Å²) in [5.74, 6) is -0.0412. The number of carbonyl (C=O) groups is 1. The minimum Gasteiger partial charge on any atom is -0.397 e. The molecule has 0 amide bonds. The van der Waals surface area contributed by atoms with E-state index in [9.17, 15) is 4.79 Å². The van der Waals surface area contributed by atoms with Crippen LogP contribution in [-0.4, -0.2) is 10.8 Å². The highest BCUT2D eigenvalue weighted by molar-refractivity contribution is 7.21. The van der Waals surface area contributed by atoms with Crippen LogP contribution in [0, 0.1) is 6.92 Å². The summed E-state index contributed by atoms with van der Waals surface area (Å²) in [4.78, 5) is 18.1. The molecule has 94 valence electrons. The number of carbonyl (C=O) groups excluding carboxylic acids is 1. The van der Waals surface area contributed by atoms with Gasteiger partial charge in [0.25, 0.3) is 0 Å². The normalized spacial score (nSPS) is 10.8. The Balaban J connectivity index is 2.19. The van der Waals surface area contributed by atoms with E-state index in [-0.39, 0.29) is 5.78 Å². The third kappa shape index (κ3) is 1.90. The van der Waals surface area contributed by atoms with Crippen molar-refractivity contribution in [1.82, 2.24) is 4.98 Å². The third-order valence-corrected chi connectivity index (χ3v) is 4.19.